The first-order valence-electron chi connectivity index (χ1n) is 10.3. The SMILES string of the molecule is O=C(CCCS)NCCO[C@@H]1O[C@H](CO)[C@@H](O[C@@H]2O[C@H](CO)[C@H](O)[C@H](O)[C@H]2O)[C@H](O)[C@H]1O. The summed E-state index contributed by atoms with van der Waals surface area (Å²) in [4.78, 5) is 11.6. The molecule has 14 heteroatoms. The Bertz CT molecular complexity index is 570. The first kappa shape index (κ1) is 27.6. The number of hydrogen-bond donors (Lipinski definition) is 9. The Morgan fingerprint density at radius 3 is 2.12 bits per heavy atom. The zero-order chi connectivity index (χ0) is 23.8. The summed E-state index contributed by atoms with van der Waals surface area (Å²) in [5, 5.41) is 72.2. The van der Waals surface area contributed by atoms with Crippen LogP contribution in [0, 0.1) is 0 Å². The van der Waals surface area contributed by atoms with Crippen LogP contribution < -0.4 is 5.32 Å². The van der Waals surface area contributed by atoms with Crippen LogP contribution in [-0.2, 0) is 23.7 Å². The topological polar surface area (TPSA) is 208 Å². The molecule has 2 fully saturated rings. The Hall–Kier alpha value is -0.620. The number of amides is 1. The minimum atomic E-state index is -1.74. The van der Waals surface area contributed by atoms with Crippen molar-refractivity contribution in [3.63, 3.8) is 0 Å². The highest BCUT2D eigenvalue weighted by Gasteiger charge is 2.50. The molecule has 0 unspecified atom stereocenters. The van der Waals surface area contributed by atoms with Crippen molar-refractivity contribution in [3.8, 4) is 0 Å². The van der Waals surface area contributed by atoms with Crippen LogP contribution in [0.4, 0.5) is 0 Å². The van der Waals surface area contributed by atoms with Crippen molar-refractivity contribution in [3.05, 3.63) is 0 Å². The molecule has 32 heavy (non-hydrogen) atoms. The van der Waals surface area contributed by atoms with E-state index in [1.165, 1.54) is 0 Å². The minimum absolute atomic E-state index is 0.0442. The van der Waals surface area contributed by atoms with Crippen LogP contribution in [0.1, 0.15) is 12.8 Å². The van der Waals surface area contributed by atoms with Gasteiger partial charge in [0, 0.05) is 13.0 Å². The van der Waals surface area contributed by atoms with Gasteiger partial charge in [0.15, 0.2) is 12.6 Å². The lowest BCUT2D eigenvalue weighted by atomic mass is 9.97. The molecule has 13 nitrogen and oxygen atoms in total. The number of carbonyl (C=O) groups excluding carboxylic acids is 1. The van der Waals surface area contributed by atoms with E-state index in [4.69, 9.17) is 18.9 Å². The van der Waals surface area contributed by atoms with Crippen molar-refractivity contribution in [2.45, 2.75) is 74.3 Å². The lowest BCUT2D eigenvalue weighted by Gasteiger charge is -2.45. The summed E-state index contributed by atoms with van der Waals surface area (Å²) in [6.45, 7) is -1.26. The van der Waals surface area contributed by atoms with Crippen molar-refractivity contribution in [2.75, 3.05) is 32.1 Å². The minimum Gasteiger partial charge on any atom is -0.394 e. The van der Waals surface area contributed by atoms with Gasteiger partial charge in [-0.05, 0) is 12.2 Å². The molecule has 188 valence electrons. The second-order valence-electron chi connectivity index (χ2n) is 7.55. The van der Waals surface area contributed by atoms with Crippen LogP contribution in [0.5, 0.6) is 0 Å². The van der Waals surface area contributed by atoms with E-state index in [1.807, 2.05) is 0 Å². The summed E-state index contributed by atoms with van der Waals surface area (Å²) < 4.78 is 21.5. The maximum atomic E-state index is 11.6. The second kappa shape index (κ2) is 13.3. The molecule has 0 aromatic heterocycles. The molecule has 8 N–H and O–H groups in total. The number of thiol groups is 1. The van der Waals surface area contributed by atoms with E-state index in [1.54, 1.807) is 0 Å². The molecule has 0 bridgehead atoms. The Morgan fingerprint density at radius 1 is 0.875 bits per heavy atom. The smallest absolute Gasteiger partial charge is 0.220 e. The third-order valence-electron chi connectivity index (χ3n) is 5.23. The van der Waals surface area contributed by atoms with E-state index in [0.29, 0.717) is 18.6 Å². The van der Waals surface area contributed by atoms with Gasteiger partial charge in [-0.3, -0.25) is 4.79 Å². The largest absolute Gasteiger partial charge is 0.394 e. The molecule has 2 heterocycles. The molecule has 0 radical (unpaired) electrons. The normalized spacial score (nSPS) is 40.2. The van der Waals surface area contributed by atoms with Gasteiger partial charge in [-0.2, -0.15) is 12.6 Å². The van der Waals surface area contributed by atoms with Gasteiger partial charge in [0.05, 0.1) is 19.8 Å². The standard InChI is InChI=1S/C18H33NO12S/c20-6-8-11(23)12(24)14(26)18(29-8)31-16-9(7-21)30-17(15(27)13(16)25)28-4-3-19-10(22)2-1-5-32/h8-9,11-18,20-21,23-27,32H,1-7H2,(H,19,22)/t8-,9-,11+,12+,13-,14-,15-,16-,17-,18+/m1/s1. The summed E-state index contributed by atoms with van der Waals surface area (Å²) in [5.74, 6) is 0.396. The predicted molar refractivity (Wildman–Crippen MR) is 108 cm³/mol. The Labute approximate surface area is 190 Å². The van der Waals surface area contributed by atoms with E-state index < -0.39 is 74.6 Å². The molecule has 1 amide bonds. The fourth-order valence-electron chi connectivity index (χ4n) is 3.39. The summed E-state index contributed by atoms with van der Waals surface area (Å²) in [6, 6.07) is 0. The third kappa shape index (κ3) is 6.94. The van der Waals surface area contributed by atoms with E-state index in [-0.39, 0.29) is 19.1 Å². The number of rotatable bonds is 11. The Morgan fingerprint density at radius 2 is 1.50 bits per heavy atom. The summed E-state index contributed by atoms with van der Waals surface area (Å²) >= 11 is 4.02. The number of aliphatic hydroxyl groups excluding tert-OH is 7. The highest BCUT2D eigenvalue weighted by molar-refractivity contribution is 7.80. The molecule has 2 aliphatic heterocycles. The van der Waals surface area contributed by atoms with Crippen LogP contribution in [-0.4, -0.2) is 135 Å². The highest BCUT2D eigenvalue weighted by Crippen LogP contribution is 2.29. The van der Waals surface area contributed by atoms with Gasteiger partial charge < -0.3 is 60.0 Å². The number of hydrogen-bond acceptors (Lipinski definition) is 13. The molecule has 2 rings (SSSR count). The zero-order valence-electron chi connectivity index (χ0n) is 17.3. The van der Waals surface area contributed by atoms with Gasteiger partial charge in [0.2, 0.25) is 5.91 Å². The number of carbonyl (C=O) groups is 1. The van der Waals surface area contributed by atoms with E-state index in [9.17, 15) is 40.5 Å². The zero-order valence-corrected chi connectivity index (χ0v) is 18.2. The van der Waals surface area contributed by atoms with Crippen molar-refractivity contribution in [2.24, 2.45) is 0 Å². The number of ether oxygens (including phenoxy) is 4. The van der Waals surface area contributed by atoms with E-state index in [2.05, 4.69) is 17.9 Å². The van der Waals surface area contributed by atoms with Crippen molar-refractivity contribution in [1.82, 2.24) is 5.32 Å². The van der Waals surface area contributed by atoms with E-state index >= 15 is 0 Å². The highest BCUT2D eigenvalue weighted by atomic mass is 32.1. The van der Waals surface area contributed by atoms with E-state index in [0.717, 1.165) is 0 Å². The Kier molecular flexibility index (Phi) is 11.5. The predicted octanol–water partition coefficient (Wildman–Crippen LogP) is -4.55. The molecule has 2 saturated heterocycles. The van der Waals surface area contributed by atoms with Gasteiger partial charge in [-0.15, -0.1) is 0 Å². The van der Waals surface area contributed by atoms with Crippen LogP contribution in [0.2, 0.25) is 0 Å². The van der Waals surface area contributed by atoms with Gasteiger partial charge >= 0.3 is 0 Å². The molecular weight excluding hydrogens is 454 g/mol. The summed E-state index contributed by atoms with van der Waals surface area (Å²) in [7, 11) is 0. The van der Waals surface area contributed by atoms with Gasteiger partial charge in [-0.25, -0.2) is 0 Å². The van der Waals surface area contributed by atoms with Gasteiger partial charge in [-0.1, -0.05) is 0 Å². The molecule has 10 atom stereocenters. The molecule has 0 aromatic carbocycles. The molecule has 0 aliphatic carbocycles. The summed E-state index contributed by atoms with van der Waals surface area (Å²) in [6.07, 6.45) is -14.2. The first-order chi connectivity index (χ1) is 15.2. The van der Waals surface area contributed by atoms with Gasteiger partial charge in [0.25, 0.3) is 0 Å². The maximum absolute atomic E-state index is 11.6. The van der Waals surface area contributed by atoms with Crippen molar-refractivity contribution in [1.29, 1.82) is 0 Å². The van der Waals surface area contributed by atoms with Crippen molar-refractivity contribution >= 4 is 18.5 Å². The lowest BCUT2D eigenvalue weighted by molar-refractivity contribution is -0.359. The number of aliphatic hydroxyl groups is 7. The molecule has 0 aromatic rings. The Balaban J connectivity index is 1.92. The van der Waals surface area contributed by atoms with Gasteiger partial charge in [0.1, 0.15) is 48.8 Å². The second-order valence-corrected chi connectivity index (χ2v) is 8.00. The lowest BCUT2D eigenvalue weighted by Crippen LogP contribution is -2.64. The summed E-state index contributed by atoms with van der Waals surface area (Å²) in [5.41, 5.74) is 0. The van der Waals surface area contributed by atoms with Crippen LogP contribution in [0.25, 0.3) is 0 Å². The van der Waals surface area contributed by atoms with Crippen LogP contribution in [0.15, 0.2) is 0 Å². The molecule has 0 saturated carbocycles. The molecule has 0 spiro atoms. The quantitative estimate of drug-likeness (QED) is 0.0997. The fraction of sp³-hybridized carbons (Fsp3) is 0.944. The fourth-order valence-corrected chi connectivity index (χ4v) is 3.54. The average molecular weight is 488 g/mol. The molecule has 2 aliphatic rings. The van der Waals surface area contributed by atoms with Crippen molar-refractivity contribution < 1.29 is 59.5 Å². The van der Waals surface area contributed by atoms with Crippen LogP contribution in [0.3, 0.4) is 0 Å². The maximum Gasteiger partial charge on any atom is 0.220 e. The molecular formula is C18H33NO12S. The monoisotopic (exact) mass is 487 g/mol. The third-order valence-corrected chi connectivity index (χ3v) is 5.54. The van der Waals surface area contributed by atoms with Crippen LogP contribution >= 0.6 is 12.6 Å². The first-order valence-corrected chi connectivity index (χ1v) is 11.0. The average Bonchev–Trinajstić information content (AvgIpc) is 2.79. The number of nitrogens with one attached hydrogen (secondary N) is 1.